The molecule has 3 rings (SSSR count). The number of hydrogen-bond donors (Lipinski definition) is 2. The SMILES string of the molecule is O=C(O)c1ccc(-c2c[nH]c3cc(Cl)ccc23)nc1. The Labute approximate surface area is 113 Å². The molecule has 0 radical (unpaired) electrons. The number of nitrogens with one attached hydrogen (secondary N) is 1. The molecule has 0 unspecified atom stereocenters. The number of hydrogen-bond acceptors (Lipinski definition) is 2. The van der Waals surface area contributed by atoms with Gasteiger partial charge in [-0.25, -0.2) is 4.79 Å². The molecule has 5 heteroatoms. The molecule has 0 fully saturated rings. The van der Waals surface area contributed by atoms with E-state index in [1.807, 2.05) is 24.4 Å². The van der Waals surface area contributed by atoms with Crippen molar-refractivity contribution in [3.63, 3.8) is 0 Å². The van der Waals surface area contributed by atoms with Gasteiger partial charge in [0.1, 0.15) is 0 Å². The molecule has 2 aromatic heterocycles. The second kappa shape index (κ2) is 4.40. The van der Waals surface area contributed by atoms with Crippen LogP contribution in [0.5, 0.6) is 0 Å². The molecule has 0 amide bonds. The average Bonchev–Trinajstić information content (AvgIpc) is 2.81. The Kier molecular flexibility index (Phi) is 2.72. The number of carboxylic acid groups (broad SMARTS) is 1. The number of aromatic amines is 1. The number of H-pyrrole nitrogens is 1. The van der Waals surface area contributed by atoms with Crippen LogP contribution in [0.2, 0.25) is 5.02 Å². The summed E-state index contributed by atoms with van der Waals surface area (Å²) in [4.78, 5) is 18.1. The molecule has 0 spiro atoms. The van der Waals surface area contributed by atoms with E-state index < -0.39 is 5.97 Å². The van der Waals surface area contributed by atoms with Gasteiger partial charge in [-0.2, -0.15) is 0 Å². The third-order valence-corrected chi connectivity index (χ3v) is 3.17. The molecule has 0 saturated heterocycles. The highest BCUT2D eigenvalue weighted by atomic mass is 35.5. The number of nitrogens with zero attached hydrogens (tertiary/aromatic N) is 1. The van der Waals surface area contributed by atoms with Crippen molar-refractivity contribution >= 4 is 28.5 Å². The monoisotopic (exact) mass is 272 g/mol. The van der Waals surface area contributed by atoms with Gasteiger partial charge in [-0.15, -0.1) is 0 Å². The maximum atomic E-state index is 10.8. The average molecular weight is 273 g/mol. The zero-order chi connectivity index (χ0) is 13.4. The lowest BCUT2D eigenvalue weighted by Gasteiger charge is -2.00. The van der Waals surface area contributed by atoms with Crippen molar-refractivity contribution in [2.75, 3.05) is 0 Å². The lowest BCUT2D eigenvalue weighted by atomic mass is 10.1. The predicted octanol–water partition coefficient (Wildman–Crippen LogP) is 3.58. The van der Waals surface area contributed by atoms with Crippen LogP contribution in [0.1, 0.15) is 10.4 Å². The van der Waals surface area contributed by atoms with Gasteiger partial charge in [-0.05, 0) is 24.3 Å². The molecule has 0 aliphatic heterocycles. The number of benzene rings is 1. The van der Waals surface area contributed by atoms with Gasteiger partial charge in [0.2, 0.25) is 0 Å². The molecule has 2 N–H and O–H groups in total. The van der Waals surface area contributed by atoms with Crippen molar-refractivity contribution in [1.82, 2.24) is 9.97 Å². The molecule has 0 atom stereocenters. The summed E-state index contributed by atoms with van der Waals surface area (Å²) in [6.45, 7) is 0. The van der Waals surface area contributed by atoms with Crippen LogP contribution in [-0.2, 0) is 0 Å². The molecule has 0 bridgehead atoms. The summed E-state index contributed by atoms with van der Waals surface area (Å²) in [5.74, 6) is -0.982. The maximum absolute atomic E-state index is 10.8. The third-order valence-electron chi connectivity index (χ3n) is 2.93. The highest BCUT2D eigenvalue weighted by molar-refractivity contribution is 6.31. The molecule has 94 valence electrons. The number of fused-ring (bicyclic) bond motifs is 1. The molecular weight excluding hydrogens is 264 g/mol. The number of pyridine rings is 1. The van der Waals surface area contributed by atoms with E-state index in [2.05, 4.69) is 9.97 Å². The van der Waals surface area contributed by atoms with E-state index in [1.54, 1.807) is 12.1 Å². The summed E-state index contributed by atoms with van der Waals surface area (Å²) < 4.78 is 0. The van der Waals surface area contributed by atoms with Gasteiger partial charge in [-0.3, -0.25) is 4.98 Å². The largest absolute Gasteiger partial charge is 0.478 e. The number of halogens is 1. The van der Waals surface area contributed by atoms with Crippen molar-refractivity contribution in [3.05, 3.63) is 53.3 Å². The van der Waals surface area contributed by atoms with E-state index in [0.717, 1.165) is 22.2 Å². The Morgan fingerprint density at radius 3 is 2.79 bits per heavy atom. The number of aromatic carboxylic acids is 1. The lowest BCUT2D eigenvalue weighted by molar-refractivity contribution is 0.0696. The molecule has 2 heterocycles. The van der Waals surface area contributed by atoms with E-state index in [1.165, 1.54) is 6.20 Å². The molecule has 0 aliphatic rings. The first kappa shape index (κ1) is 11.7. The Bertz CT molecular complexity index is 763. The Balaban J connectivity index is 2.11. The zero-order valence-electron chi connectivity index (χ0n) is 9.72. The van der Waals surface area contributed by atoms with Gasteiger partial charge in [0.15, 0.2) is 0 Å². The molecular formula is C14H9ClN2O2. The Morgan fingerprint density at radius 1 is 1.26 bits per heavy atom. The number of carboxylic acids is 1. The van der Waals surface area contributed by atoms with E-state index in [9.17, 15) is 4.79 Å². The first-order chi connectivity index (χ1) is 9.15. The van der Waals surface area contributed by atoms with Crippen LogP contribution in [0, 0.1) is 0 Å². The highest BCUT2D eigenvalue weighted by Gasteiger charge is 2.09. The second-order valence-electron chi connectivity index (χ2n) is 4.13. The summed E-state index contributed by atoms with van der Waals surface area (Å²) in [5, 5.41) is 10.5. The smallest absolute Gasteiger partial charge is 0.337 e. The van der Waals surface area contributed by atoms with Gasteiger partial charge in [0.05, 0.1) is 11.3 Å². The minimum atomic E-state index is -0.982. The second-order valence-corrected chi connectivity index (χ2v) is 4.57. The van der Waals surface area contributed by atoms with Crippen LogP contribution in [0.15, 0.2) is 42.7 Å². The normalized spacial score (nSPS) is 10.8. The van der Waals surface area contributed by atoms with Gasteiger partial charge < -0.3 is 10.1 Å². The Morgan fingerprint density at radius 2 is 2.11 bits per heavy atom. The van der Waals surface area contributed by atoms with Crippen molar-refractivity contribution in [3.8, 4) is 11.3 Å². The summed E-state index contributed by atoms with van der Waals surface area (Å²) in [5.41, 5.74) is 2.74. The van der Waals surface area contributed by atoms with E-state index in [0.29, 0.717) is 5.02 Å². The summed E-state index contributed by atoms with van der Waals surface area (Å²) >= 11 is 5.93. The summed E-state index contributed by atoms with van der Waals surface area (Å²) in [6, 6.07) is 8.80. The zero-order valence-corrected chi connectivity index (χ0v) is 10.5. The molecule has 0 aliphatic carbocycles. The van der Waals surface area contributed by atoms with Crippen LogP contribution in [0.25, 0.3) is 22.2 Å². The Hall–Kier alpha value is -2.33. The first-order valence-corrected chi connectivity index (χ1v) is 5.99. The molecule has 1 aromatic carbocycles. The minimum absolute atomic E-state index is 0.173. The van der Waals surface area contributed by atoms with Crippen molar-refractivity contribution in [2.45, 2.75) is 0 Å². The van der Waals surface area contributed by atoms with Crippen molar-refractivity contribution in [1.29, 1.82) is 0 Å². The van der Waals surface area contributed by atoms with Crippen LogP contribution < -0.4 is 0 Å². The van der Waals surface area contributed by atoms with E-state index in [-0.39, 0.29) is 5.56 Å². The van der Waals surface area contributed by atoms with Crippen LogP contribution in [-0.4, -0.2) is 21.0 Å². The lowest BCUT2D eigenvalue weighted by Crippen LogP contribution is -1.96. The maximum Gasteiger partial charge on any atom is 0.337 e. The summed E-state index contributed by atoms with van der Waals surface area (Å²) in [7, 11) is 0. The van der Waals surface area contributed by atoms with Crippen LogP contribution >= 0.6 is 11.6 Å². The van der Waals surface area contributed by atoms with Gasteiger partial charge >= 0.3 is 5.97 Å². The molecule has 0 saturated carbocycles. The molecule has 4 nitrogen and oxygen atoms in total. The highest BCUT2D eigenvalue weighted by Crippen LogP contribution is 2.28. The van der Waals surface area contributed by atoms with Crippen molar-refractivity contribution in [2.24, 2.45) is 0 Å². The molecule has 19 heavy (non-hydrogen) atoms. The van der Waals surface area contributed by atoms with Crippen LogP contribution in [0.3, 0.4) is 0 Å². The topological polar surface area (TPSA) is 66.0 Å². The minimum Gasteiger partial charge on any atom is -0.478 e. The van der Waals surface area contributed by atoms with E-state index in [4.69, 9.17) is 16.7 Å². The van der Waals surface area contributed by atoms with E-state index >= 15 is 0 Å². The first-order valence-electron chi connectivity index (χ1n) is 5.61. The number of carbonyl (C=O) groups is 1. The fourth-order valence-corrected chi connectivity index (χ4v) is 2.16. The van der Waals surface area contributed by atoms with Gasteiger partial charge in [0.25, 0.3) is 0 Å². The van der Waals surface area contributed by atoms with Gasteiger partial charge in [0, 0.05) is 33.9 Å². The molecule has 3 aromatic rings. The standard InChI is InChI=1S/C14H9ClN2O2/c15-9-2-3-10-11(7-17-13(10)5-9)12-4-1-8(6-16-12)14(18)19/h1-7,17H,(H,18,19). The quantitative estimate of drug-likeness (QED) is 0.749. The number of aromatic nitrogens is 2. The van der Waals surface area contributed by atoms with Crippen LogP contribution in [0.4, 0.5) is 0 Å². The van der Waals surface area contributed by atoms with Crippen molar-refractivity contribution < 1.29 is 9.90 Å². The summed E-state index contributed by atoms with van der Waals surface area (Å²) in [6.07, 6.45) is 3.19. The fourth-order valence-electron chi connectivity index (χ4n) is 1.99. The third kappa shape index (κ3) is 2.06. The van der Waals surface area contributed by atoms with Gasteiger partial charge in [-0.1, -0.05) is 17.7 Å². The fraction of sp³-hybridized carbons (Fsp3) is 0. The predicted molar refractivity (Wildman–Crippen MR) is 73.5 cm³/mol. The number of rotatable bonds is 2.